The highest BCUT2D eigenvalue weighted by molar-refractivity contribution is 5.70. The smallest absolute Gasteiger partial charge is 0.154 e. The molecule has 25 heavy (non-hydrogen) atoms. The minimum atomic E-state index is 0.0287. The summed E-state index contributed by atoms with van der Waals surface area (Å²) in [5.74, 6) is 2.07. The van der Waals surface area contributed by atoms with Crippen molar-refractivity contribution >= 4 is 17.2 Å². The van der Waals surface area contributed by atoms with Crippen LogP contribution in [0.15, 0.2) is 42.9 Å². The number of pyridine rings is 1. The standard InChI is InChI=1S/C19H24N6/c1-19(2,3)16-14-15-18(21-8-9-25(15)22-16)24-12-10-23(11-13-24)17-6-4-5-7-20-17/h4-9,14H,10-13H2,1-3H3. The van der Waals surface area contributed by atoms with Gasteiger partial charge in [0.2, 0.25) is 0 Å². The summed E-state index contributed by atoms with van der Waals surface area (Å²) in [6.45, 7) is 10.3. The van der Waals surface area contributed by atoms with Gasteiger partial charge < -0.3 is 9.80 Å². The van der Waals surface area contributed by atoms with Gasteiger partial charge in [-0.3, -0.25) is 0 Å². The second-order valence-electron chi connectivity index (χ2n) is 7.52. The third-order valence-electron chi connectivity index (χ3n) is 4.69. The molecule has 1 aliphatic rings. The van der Waals surface area contributed by atoms with E-state index in [0.29, 0.717) is 0 Å². The minimum absolute atomic E-state index is 0.0287. The molecule has 3 aromatic heterocycles. The van der Waals surface area contributed by atoms with Crippen LogP contribution in [-0.4, -0.2) is 45.8 Å². The molecule has 6 nitrogen and oxygen atoms in total. The molecule has 4 rings (SSSR count). The Balaban J connectivity index is 1.58. The lowest BCUT2D eigenvalue weighted by molar-refractivity contribution is 0.562. The molecule has 0 N–H and O–H groups in total. The first-order chi connectivity index (χ1) is 12.0. The Labute approximate surface area is 148 Å². The second kappa shape index (κ2) is 6.02. The largest absolute Gasteiger partial charge is 0.353 e. The molecule has 4 heterocycles. The van der Waals surface area contributed by atoms with Crippen LogP contribution in [0.25, 0.3) is 5.52 Å². The Morgan fingerprint density at radius 3 is 2.36 bits per heavy atom. The SMILES string of the molecule is CC(C)(C)c1cc2c(N3CCN(c4ccccn4)CC3)nccn2n1. The molecule has 0 aliphatic carbocycles. The Morgan fingerprint density at radius 2 is 1.68 bits per heavy atom. The van der Waals surface area contributed by atoms with Gasteiger partial charge >= 0.3 is 0 Å². The number of rotatable bonds is 2. The lowest BCUT2D eigenvalue weighted by atomic mass is 9.92. The van der Waals surface area contributed by atoms with E-state index in [-0.39, 0.29) is 5.41 Å². The van der Waals surface area contributed by atoms with Crippen molar-refractivity contribution in [2.24, 2.45) is 0 Å². The van der Waals surface area contributed by atoms with Crippen molar-refractivity contribution in [1.82, 2.24) is 19.6 Å². The zero-order valence-corrected chi connectivity index (χ0v) is 15.1. The third-order valence-corrected chi connectivity index (χ3v) is 4.69. The average Bonchev–Trinajstić information content (AvgIpc) is 3.07. The first kappa shape index (κ1) is 15.9. The maximum absolute atomic E-state index is 4.73. The number of hydrogen-bond acceptors (Lipinski definition) is 5. The van der Waals surface area contributed by atoms with E-state index in [1.54, 1.807) is 0 Å². The van der Waals surface area contributed by atoms with Crippen LogP contribution >= 0.6 is 0 Å². The highest BCUT2D eigenvalue weighted by Gasteiger charge is 2.23. The van der Waals surface area contributed by atoms with Crippen LogP contribution in [0, 0.1) is 0 Å². The molecule has 0 spiro atoms. The van der Waals surface area contributed by atoms with Gasteiger partial charge in [0, 0.05) is 50.2 Å². The predicted molar refractivity (Wildman–Crippen MR) is 100 cm³/mol. The number of hydrogen-bond donors (Lipinski definition) is 0. The molecule has 0 atom stereocenters. The molecule has 130 valence electrons. The van der Waals surface area contributed by atoms with Crippen LogP contribution in [-0.2, 0) is 5.41 Å². The lowest BCUT2D eigenvalue weighted by Gasteiger charge is -2.36. The predicted octanol–water partition coefficient (Wildman–Crippen LogP) is 2.75. The van der Waals surface area contributed by atoms with E-state index in [1.807, 2.05) is 35.2 Å². The molecular formula is C19H24N6. The van der Waals surface area contributed by atoms with Crippen LogP contribution < -0.4 is 9.80 Å². The maximum Gasteiger partial charge on any atom is 0.154 e. The zero-order valence-electron chi connectivity index (χ0n) is 15.1. The van der Waals surface area contributed by atoms with Gasteiger partial charge in [-0.15, -0.1) is 0 Å². The molecule has 1 fully saturated rings. The first-order valence-electron chi connectivity index (χ1n) is 8.78. The summed E-state index contributed by atoms with van der Waals surface area (Å²) < 4.78 is 1.95. The summed E-state index contributed by atoms with van der Waals surface area (Å²) in [7, 11) is 0. The van der Waals surface area contributed by atoms with E-state index in [0.717, 1.165) is 49.0 Å². The molecule has 0 saturated carbocycles. The van der Waals surface area contributed by atoms with E-state index >= 15 is 0 Å². The monoisotopic (exact) mass is 336 g/mol. The normalized spacial score (nSPS) is 15.8. The van der Waals surface area contributed by atoms with Crippen LogP contribution in [0.4, 0.5) is 11.6 Å². The molecule has 0 bridgehead atoms. The Kier molecular flexibility index (Phi) is 3.82. The zero-order chi connectivity index (χ0) is 17.4. The summed E-state index contributed by atoms with van der Waals surface area (Å²) in [4.78, 5) is 13.8. The van der Waals surface area contributed by atoms with Crippen molar-refractivity contribution in [3.8, 4) is 0 Å². The summed E-state index contributed by atoms with van der Waals surface area (Å²) in [6, 6.07) is 8.24. The number of piperazine rings is 1. The van der Waals surface area contributed by atoms with Crippen LogP contribution in [0.1, 0.15) is 26.5 Å². The molecule has 3 aromatic rings. The highest BCUT2D eigenvalue weighted by Crippen LogP contribution is 2.27. The summed E-state index contributed by atoms with van der Waals surface area (Å²) in [5, 5.41) is 4.73. The van der Waals surface area contributed by atoms with Gasteiger partial charge in [0.05, 0.1) is 5.69 Å². The number of fused-ring (bicyclic) bond motifs is 1. The summed E-state index contributed by atoms with van der Waals surface area (Å²) in [5.41, 5.74) is 2.20. The Morgan fingerprint density at radius 1 is 0.920 bits per heavy atom. The first-order valence-corrected chi connectivity index (χ1v) is 8.78. The molecular weight excluding hydrogens is 312 g/mol. The van der Waals surface area contributed by atoms with E-state index in [4.69, 9.17) is 5.10 Å². The molecule has 0 amide bonds. The quantitative estimate of drug-likeness (QED) is 0.720. The van der Waals surface area contributed by atoms with Gasteiger partial charge in [-0.25, -0.2) is 14.5 Å². The summed E-state index contributed by atoms with van der Waals surface area (Å²) >= 11 is 0. The van der Waals surface area contributed by atoms with Gasteiger partial charge in [0.15, 0.2) is 5.82 Å². The molecule has 1 aliphatic heterocycles. The average molecular weight is 336 g/mol. The van der Waals surface area contributed by atoms with Gasteiger partial charge in [-0.2, -0.15) is 5.10 Å². The minimum Gasteiger partial charge on any atom is -0.353 e. The van der Waals surface area contributed by atoms with Crippen molar-refractivity contribution in [2.45, 2.75) is 26.2 Å². The fraction of sp³-hybridized carbons (Fsp3) is 0.421. The molecule has 0 aromatic carbocycles. The van der Waals surface area contributed by atoms with E-state index in [2.05, 4.69) is 52.7 Å². The fourth-order valence-electron chi connectivity index (χ4n) is 3.21. The van der Waals surface area contributed by atoms with Crippen LogP contribution in [0.3, 0.4) is 0 Å². The number of nitrogens with zero attached hydrogens (tertiary/aromatic N) is 6. The van der Waals surface area contributed by atoms with E-state index in [1.165, 1.54) is 0 Å². The second-order valence-corrected chi connectivity index (χ2v) is 7.52. The number of anilines is 2. The van der Waals surface area contributed by atoms with Crippen LogP contribution in [0.2, 0.25) is 0 Å². The van der Waals surface area contributed by atoms with Gasteiger partial charge in [-0.05, 0) is 18.2 Å². The lowest BCUT2D eigenvalue weighted by Crippen LogP contribution is -2.47. The third kappa shape index (κ3) is 3.04. The maximum atomic E-state index is 4.73. The summed E-state index contributed by atoms with van der Waals surface area (Å²) in [6.07, 6.45) is 5.62. The molecule has 1 saturated heterocycles. The van der Waals surface area contributed by atoms with Crippen molar-refractivity contribution in [3.63, 3.8) is 0 Å². The van der Waals surface area contributed by atoms with E-state index < -0.39 is 0 Å². The molecule has 0 unspecified atom stereocenters. The Hall–Kier alpha value is -2.63. The van der Waals surface area contributed by atoms with Gasteiger partial charge in [0.25, 0.3) is 0 Å². The fourth-order valence-corrected chi connectivity index (χ4v) is 3.21. The molecule has 6 heteroatoms. The van der Waals surface area contributed by atoms with Gasteiger partial charge in [0.1, 0.15) is 11.3 Å². The molecule has 0 radical (unpaired) electrons. The van der Waals surface area contributed by atoms with Crippen molar-refractivity contribution in [3.05, 3.63) is 48.5 Å². The van der Waals surface area contributed by atoms with Crippen molar-refractivity contribution in [2.75, 3.05) is 36.0 Å². The van der Waals surface area contributed by atoms with Crippen LogP contribution in [0.5, 0.6) is 0 Å². The van der Waals surface area contributed by atoms with E-state index in [9.17, 15) is 0 Å². The highest BCUT2D eigenvalue weighted by atomic mass is 15.3. The Bertz CT molecular complexity index is 857. The topological polar surface area (TPSA) is 49.6 Å². The van der Waals surface area contributed by atoms with Crippen molar-refractivity contribution < 1.29 is 0 Å². The van der Waals surface area contributed by atoms with Gasteiger partial charge in [-0.1, -0.05) is 26.8 Å². The number of aromatic nitrogens is 4. The van der Waals surface area contributed by atoms with Crippen molar-refractivity contribution in [1.29, 1.82) is 0 Å².